The number of hydrogen-bond acceptors (Lipinski definition) is 3. The van der Waals surface area contributed by atoms with Gasteiger partial charge >= 0.3 is 145 Å². The molecule has 0 atom stereocenters. The molecule has 4 nitrogen and oxygen atoms in total. The summed E-state index contributed by atoms with van der Waals surface area (Å²) in [6, 6.07) is 5.84. The second kappa shape index (κ2) is 6.92. The van der Waals surface area contributed by atoms with E-state index in [1.807, 2.05) is 18.2 Å². The predicted molar refractivity (Wildman–Crippen MR) is 92.7 cm³/mol. The van der Waals surface area contributed by atoms with Crippen molar-refractivity contribution in [3.05, 3.63) is 39.7 Å². The molecule has 1 aromatic carbocycles. The van der Waals surface area contributed by atoms with Crippen molar-refractivity contribution in [3.63, 3.8) is 0 Å². The molecule has 23 heavy (non-hydrogen) atoms. The second-order valence-electron chi connectivity index (χ2n) is 5.56. The molecule has 1 aliphatic carbocycles. The van der Waals surface area contributed by atoms with E-state index in [4.69, 9.17) is 6.57 Å². The van der Waals surface area contributed by atoms with E-state index in [0.29, 0.717) is 21.1 Å². The first-order valence-corrected chi connectivity index (χ1v) is 10.1. The average Bonchev–Trinajstić information content (AvgIpc) is 3.17. The predicted octanol–water partition coefficient (Wildman–Crippen LogP) is 4.40. The van der Waals surface area contributed by atoms with Crippen molar-refractivity contribution in [2.75, 3.05) is 0 Å². The number of aromatic nitrogens is 1. The summed E-state index contributed by atoms with van der Waals surface area (Å²) < 4.78 is 1.20. The molecule has 0 saturated heterocycles. The van der Waals surface area contributed by atoms with Crippen LogP contribution >= 0.6 is 11.8 Å². The summed E-state index contributed by atoms with van der Waals surface area (Å²) in [5.74, 6) is -0.889. The van der Waals surface area contributed by atoms with E-state index < -0.39 is 5.97 Å². The number of nitrogens with zero attached hydrogens (tertiary/aromatic N) is 2. The van der Waals surface area contributed by atoms with Crippen LogP contribution in [0, 0.1) is 13.5 Å². The van der Waals surface area contributed by atoms with E-state index >= 15 is 0 Å². The Hall–Kier alpha value is -1.54. The molecule has 0 unspecified atom stereocenters. The summed E-state index contributed by atoms with van der Waals surface area (Å²) in [7, 11) is 0. The Morgan fingerprint density at radius 1 is 1.43 bits per heavy atom. The number of benzene rings is 1. The van der Waals surface area contributed by atoms with Crippen LogP contribution in [0.2, 0.25) is 0 Å². The summed E-state index contributed by atoms with van der Waals surface area (Å²) in [4.78, 5) is 20.3. The van der Waals surface area contributed by atoms with Gasteiger partial charge in [-0.2, -0.15) is 0 Å². The first-order valence-electron chi connectivity index (χ1n) is 7.47. The van der Waals surface area contributed by atoms with Crippen LogP contribution in [0.25, 0.3) is 15.0 Å². The summed E-state index contributed by atoms with van der Waals surface area (Å²) in [5.41, 5.74) is 2.11. The first-order chi connectivity index (χ1) is 11.1. The van der Waals surface area contributed by atoms with Gasteiger partial charge in [0.15, 0.2) is 0 Å². The van der Waals surface area contributed by atoms with E-state index in [-0.39, 0.29) is 14.5 Å². The van der Waals surface area contributed by atoms with Crippen LogP contribution in [0.15, 0.2) is 23.1 Å². The Bertz CT molecular complexity index is 788. The van der Waals surface area contributed by atoms with E-state index in [9.17, 15) is 9.90 Å². The number of carboxylic acids is 1. The maximum atomic E-state index is 11.2. The van der Waals surface area contributed by atoms with Crippen molar-refractivity contribution in [2.24, 2.45) is 0 Å². The average molecular weight is 391 g/mol. The number of aryl methyl sites for hydroxylation is 1. The van der Waals surface area contributed by atoms with Gasteiger partial charge in [0.05, 0.1) is 0 Å². The minimum atomic E-state index is -0.889. The molecule has 1 aromatic heterocycles. The molecule has 0 aliphatic heterocycles. The number of rotatable bonds is 4. The summed E-state index contributed by atoms with van der Waals surface area (Å²) in [6.45, 7) is 9.18. The molecule has 1 heterocycles. The van der Waals surface area contributed by atoms with Crippen molar-refractivity contribution in [3.8, 4) is 10.1 Å². The van der Waals surface area contributed by atoms with Crippen LogP contribution < -0.4 is 0 Å². The third-order valence-corrected chi connectivity index (χ3v) is 7.82. The number of thioether (sulfide) groups is 1. The molecule has 118 valence electrons. The third-order valence-electron chi connectivity index (χ3n) is 3.91. The van der Waals surface area contributed by atoms with Crippen molar-refractivity contribution in [2.45, 2.75) is 42.8 Å². The Morgan fingerprint density at radius 3 is 2.78 bits per heavy atom. The van der Waals surface area contributed by atoms with E-state index in [1.165, 1.54) is 25.7 Å². The number of carbonyl (C=O) groups is 1. The first kappa shape index (κ1) is 16.3. The molecule has 0 radical (unpaired) electrons. The van der Waals surface area contributed by atoms with Crippen LogP contribution in [0.3, 0.4) is 0 Å². The van der Waals surface area contributed by atoms with Crippen LogP contribution in [-0.4, -0.2) is 35.8 Å². The molecular formula is C17H16N2O2SSe. The number of carboxylic acid groups (broad SMARTS) is 1. The van der Waals surface area contributed by atoms with Crippen LogP contribution in [0.1, 0.15) is 40.6 Å². The zero-order valence-electron chi connectivity index (χ0n) is 12.7. The molecule has 6 heteroatoms. The Kier molecular flexibility index (Phi) is 4.91. The van der Waals surface area contributed by atoms with Crippen LogP contribution in [-0.2, 0) is 0 Å². The standard InChI is InChI=1S/C17H16N2O2SSe/c1-10-15(17(20)21)23-16(19-10)11-7-8-14(13(9-11)18-2)22-12-5-3-4-6-12/h7-9,12H,3-6H2,1H3,(H,20,21). The zero-order chi connectivity index (χ0) is 16.4. The summed E-state index contributed by atoms with van der Waals surface area (Å²) in [6.07, 6.45) is 5.02. The molecule has 3 rings (SSSR count). The van der Waals surface area contributed by atoms with Crippen LogP contribution in [0.4, 0.5) is 5.69 Å². The zero-order valence-corrected chi connectivity index (χ0v) is 15.2. The SMILES string of the molecule is [C-]#[N+]c1cc(-c2nc(C)c(C(=O)O)[se]2)ccc1SC1CCCC1. The molecular weight excluding hydrogens is 375 g/mol. The van der Waals surface area contributed by atoms with Crippen LogP contribution in [0.5, 0.6) is 0 Å². The molecule has 1 saturated carbocycles. The molecule has 1 N–H and O–H groups in total. The second-order valence-corrected chi connectivity index (χ2v) is 9.00. The molecule has 1 fully saturated rings. The molecule has 1 aliphatic rings. The fraction of sp³-hybridized carbons (Fsp3) is 0.353. The third kappa shape index (κ3) is 3.53. The van der Waals surface area contributed by atoms with E-state index in [0.717, 1.165) is 15.0 Å². The fourth-order valence-corrected chi connectivity index (χ4v) is 5.93. The topological polar surface area (TPSA) is 54.5 Å². The van der Waals surface area contributed by atoms with Crippen molar-refractivity contribution in [1.82, 2.24) is 4.98 Å². The molecule has 0 bridgehead atoms. The van der Waals surface area contributed by atoms with Gasteiger partial charge in [-0.05, 0) is 0 Å². The monoisotopic (exact) mass is 392 g/mol. The maximum absolute atomic E-state index is 11.2. The van der Waals surface area contributed by atoms with Gasteiger partial charge in [-0.1, -0.05) is 0 Å². The van der Waals surface area contributed by atoms with Gasteiger partial charge in [0.1, 0.15) is 0 Å². The minimum absolute atomic E-state index is 0.296. The van der Waals surface area contributed by atoms with Gasteiger partial charge in [-0.15, -0.1) is 0 Å². The van der Waals surface area contributed by atoms with Crippen molar-refractivity contribution < 1.29 is 9.90 Å². The van der Waals surface area contributed by atoms with E-state index in [2.05, 4.69) is 9.83 Å². The fourth-order valence-electron chi connectivity index (χ4n) is 2.74. The van der Waals surface area contributed by atoms with Gasteiger partial charge in [0.25, 0.3) is 0 Å². The van der Waals surface area contributed by atoms with Crippen molar-refractivity contribution >= 4 is 37.9 Å². The molecule has 0 amide bonds. The Morgan fingerprint density at radius 2 is 2.17 bits per heavy atom. The van der Waals surface area contributed by atoms with Gasteiger partial charge in [-0.25, -0.2) is 0 Å². The molecule has 2 aromatic rings. The van der Waals surface area contributed by atoms with E-state index in [1.54, 1.807) is 18.7 Å². The Labute approximate surface area is 145 Å². The van der Waals surface area contributed by atoms with Gasteiger partial charge in [0, 0.05) is 0 Å². The number of aromatic carboxylic acids is 1. The Balaban J connectivity index is 1.91. The number of hydrogen-bond donors (Lipinski definition) is 1. The van der Waals surface area contributed by atoms with Gasteiger partial charge in [-0.3, -0.25) is 0 Å². The molecule has 0 spiro atoms. The van der Waals surface area contributed by atoms with Gasteiger partial charge in [0.2, 0.25) is 0 Å². The summed E-state index contributed by atoms with van der Waals surface area (Å²) in [5, 5.41) is 9.81. The summed E-state index contributed by atoms with van der Waals surface area (Å²) >= 11 is 1.51. The normalized spacial score (nSPS) is 14.8. The van der Waals surface area contributed by atoms with Gasteiger partial charge < -0.3 is 0 Å². The quantitative estimate of drug-likeness (QED) is 0.620. The van der Waals surface area contributed by atoms with Crippen molar-refractivity contribution in [1.29, 1.82) is 0 Å².